The number of benzene rings is 3. The van der Waals surface area contributed by atoms with Crippen LogP contribution in [-0.4, -0.2) is 0 Å². The first kappa shape index (κ1) is 14.3. The summed E-state index contributed by atoms with van der Waals surface area (Å²) in [5.74, 6) is 0. The van der Waals surface area contributed by atoms with Crippen LogP contribution in [0.2, 0.25) is 0 Å². The molecule has 0 fully saturated rings. The van der Waals surface area contributed by atoms with Crippen LogP contribution in [0.25, 0.3) is 34.1 Å². The van der Waals surface area contributed by atoms with E-state index in [0.29, 0.717) is 5.56 Å². The zero-order valence-electron chi connectivity index (χ0n) is 13.3. The van der Waals surface area contributed by atoms with Gasteiger partial charge in [0.05, 0.1) is 11.6 Å². The standard InChI is InChI=1S/C22H15NO/c1-15-12-17(14-23)7-10-18(15)9-6-16-8-11-20-19-4-2-3-5-21(19)24-22(20)13-16/h2-13H,1H3/b9-6+. The number of hydrogen-bond donors (Lipinski definition) is 0. The molecule has 4 rings (SSSR count). The molecule has 0 saturated carbocycles. The molecule has 0 N–H and O–H groups in total. The molecular formula is C22H15NO. The van der Waals surface area contributed by atoms with Gasteiger partial charge in [-0.3, -0.25) is 0 Å². The number of aryl methyl sites for hydroxylation is 1. The van der Waals surface area contributed by atoms with Gasteiger partial charge in [-0.2, -0.15) is 5.26 Å². The molecule has 0 bridgehead atoms. The Balaban J connectivity index is 1.72. The van der Waals surface area contributed by atoms with E-state index in [9.17, 15) is 0 Å². The summed E-state index contributed by atoms with van der Waals surface area (Å²) < 4.78 is 5.93. The van der Waals surface area contributed by atoms with Crippen LogP contribution in [0.4, 0.5) is 0 Å². The predicted octanol–water partition coefficient (Wildman–Crippen LogP) is 5.94. The summed E-state index contributed by atoms with van der Waals surface area (Å²) in [6, 6.07) is 22.2. The fraction of sp³-hybridized carbons (Fsp3) is 0.0455. The highest BCUT2D eigenvalue weighted by Gasteiger charge is 2.05. The molecule has 0 aliphatic carbocycles. The maximum Gasteiger partial charge on any atom is 0.136 e. The lowest BCUT2D eigenvalue weighted by atomic mass is 10.0. The molecule has 0 aliphatic rings. The number of rotatable bonds is 2. The minimum Gasteiger partial charge on any atom is -0.456 e. The third-order valence-electron chi connectivity index (χ3n) is 4.26. The van der Waals surface area contributed by atoms with Gasteiger partial charge in [0.2, 0.25) is 0 Å². The molecule has 4 aromatic rings. The molecule has 0 aliphatic heterocycles. The van der Waals surface area contributed by atoms with Crippen LogP contribution in [0.5, 0.6) is 0 Å². The van der Waals surface area contributed by atoms with Gasteiger partial charge in [0, 0.05) is 10.8 Å². The van der Waals surface area contributed by atoms with E-state index in [-0.39, 0.29) is 0 Å². The highest BCUT2D eigenvalue weighted by atomic mass is 16.3. The highest BCUT2D eigenvalue weighted by Crippen LogP contribution is 2.29. The molecule has 24 heavy (non-hydrogen) atoms. The van der Waals surface area contributed by atoms with Crippen molar-refractivity contribution in [1.82, 2.24) is 0 Å². The van der Waals surface area contributed by atoms with Crippen LogP contribution in [0.3, 0.4) is 0 Å². The Morgan fingerprint density at radius 1 is 0.875 bits per heavy atom. The van der Waals surface area contributed by atoms with Crippen LogP contribution in [0.15, 0.2) is 65.1 Å². The first-order valence-electron chi connectivity index (χ1n) is 7.85. The minimum absolute atomic E-state index is 0.688. The second-order valence-electron chi connectivity index (χ2n) is 5.87. The van der Waals surface area contributed by atoms with Gasteiger partial charge >= 0.3 is 0 Å². The van der Waals surface area contributed by atoms with E-state index in [4.69, 9.17) is 9.68 Å². The molecule has 1 aromatic heterocycles. The Morgan fingerprint density at radius 2 is 1.71 bits per heavy atom. The number of hydrogen-bond acceptors (Lipinski definition) is 2. The molecule has 0 saturated heterocycles. The fourth-order valence-corrected chi connectivity index (χ4v) is 2.96. The zero-order chi connectivity index (χ0) is 16.5. The fourth-order valence-electron chi connectivity index (χ4n) is 2.96. The second-order valence-corrected chi connectivity index (χ2v) is 5.87. The van der Waals surface area contributed by atoms with Crippen LogP contribution in [0, 0.1) is 18.3 Å². The quantitative estimate of drug-likeness (QED) is 0.430. The van der Waals surface area contributed by atoms with Crippen molar-refractivity contribution in [3.05, 3.63) is 82.9 Å². The lowest BCUT2D eigenvalue weighted by molar-refractivity contribution is 0.669. The summed E-state index contributed by atoms with van der Waals surface area (Å²) in [6.45, 7) is 2.02. The highest BCUT2D eigenvalue weighted by molar-refractivity contribution is 6.05. The van der Waals surface area contributed by atoms with Crippen molar-refractivity contribution >= 4 is 34.1 Å². The van der Waals surface area contributed by atoms with E-state index < -0.39 is 0 Å². The monoisotopic (exact) mass is 309 g/mol. The Morgan fingerprint density at radius 3 is 2.54 bits per heavy atom. The van der Waals surface area contributed by atoms with E-state index in [1.165, 1.54) is 0 Å². The van der Waals surface area contributed by atoms with E-state index >= 15 is 0 Å². The van der Waals surface area contributed by atoms with Crippen molar-refractivity contribution in [3.63, 3.8) is 0 Å². The molecule has 0 spiro atoms. The summed E-state index contributed by atoms with van der Waals surface area (Å²) in [4.78, 5) is 0. The number of nitrogens with zero attached hydrogens (tertiary/aromatic N) is 1. The van der Waals surface area contributed by atoms with E-state index in [1.807, 2.05) is 43.3 Å². The summed E-state index contributed by atoms with van der Waals surface area (Å²) in [5, 5.41) is 11.2. The van der Waals surface area contributed by atoms with E-state index in [2.05, 4.69) is 42.5 Å². The number of nitriles is 1. The lowest BCUT2D eigenvalue weighted by Gasteiger charge is -2.00. The molecule has 0 unspecified atom stereocenters. The summed E-state index contributed by atoms with van der Waals surface area (Å²) in [5.41, 5.74) is 5.79. The van der Waals surface area contributed by atoms with Gasteiger partial charge in [-0.15, -0.1) is 0 Å². The molecule has 3 aromatic carbocycles. The zero-order valence-corrected chi connectivity index (χ0v) is 13.3. The topological polar surface area (TPSA) is 36.9 Å². The number of furan rings is 1. The van der Waals surface area contributed by atoms with Crippen LogP contribution < -0.4 is 0 Å². The Bertz CT molecular complexity index is 1130. The normalized spacial score (nSPS) is 11.3. The summed E-state index contributed by atoms with van der Waals surface area (Å²) in [6.07, 6.45) is 4.14. The second kappa shape index (κ2) is 5.72. The van der Waals surface area contributed by atoms with Crippen molar-refractivity contribution in [1.29, 1.82) is 5.26 Å². The summed E-state index contributed by atoms with van der Waals surface area (Å²) in [7, 11) is 0. The van der Waals surface area contributed by atoms with Gasteiger partial charge in [-0.1, -0.05) is 42.5 Å². The Labute approximate surface area is 140 Å². The van der Waals surface area contributed by atoms with Crippen molar-refractivity contribution in [2.45, 2.75) is 6.92 Å². The lowest BCUT2D eigenvalue weighted by Crippen LogP contribution is -1.82. The molecule has 0 radical (unpaired) electrons. The Kier molecular flexibility index (Phi) is 3.40. The van der Waals surface area contributed by atoms with Gasteiger partial charge in [0.25, 0.3) is 0 Å². The molecule has 2 nitrogen and oxygen atoms in total. The third kappa shape index (κ3) is 2.47. The van der Waals surface area contributed by atoms with Gasteiger partial charge in [-0.05, 0) is 53.9 Å². The maximum absolute atomic E-state index is 8.94. The average Bonchev–Trinajstić information content (AvgIpc) is 2.98. The Hall–Kier alpha value is -3.31. The SMILES string of the molecule is Cc1cc(C#N)ccc1/C=C/c1ccc2c(c1)oc1ccccc12. The van der Waals surface area contributed by atoms with Gasteiger partial charge < -0.3 is 4.42 Å². The molecule has 0 amide bonds. The molecule has 1 heterocycles. The molecule has 114 valence electrons. The van der Waals surface area contributed by atoms with Crippen molar-refractivity contribution in [2.24, 2.45) is 0 Å². The molecular weight excluding hydrogens is 294 g/mol. The van der Waals surface area contributed by atoms with Crippen molar-refractivity contribution in [2.75, 3.05) is 0 Å². The van der Waals surface area contributed by atoms with Crippen LogP contribution in [-0.2, 0) is 0 Å². The largest absolute Gasteiger partial charge is 0.456 e. The average molecular weight is 309 g/mol. The number of para-hydroxylation sites is 1. The number of fused-ring (bicyclic) bond motifs is 3. The van der Waals surface area contributed by atoms with Crippen LogP contribution >= 0.6 is 0 Å². The molecule has 2 heteroatoms. The van der Waals surface area contributed by atoms with Gasteiger partial charge in [0.15, 0.2) is 0 Å². The first-order valence-corrected chi connectivity index (χ1v) is 7.85. The molecule has 0 atom stereocenters. The maximum atomic E-state index is 8.94. The van der Waals surface area contributed by atoms with Crippen molar-refractivity contribution in [3.8, 4) is 6.07 Å². The first-order chi connectivity index (χ1) is 11.7. The predicted molar refractivity (Wildman–Crippen MR) is 98.5 cm³/mol. The van der Waals surface area contributed by atoms with Gasteiger partial charge in [0.1, 0.15) is 11.2 Å². The van der Waals surface area contributed by atoms with E-state index in [1.54, 1.807) is 0 Å². The van der Waals surface area contributed by atoms with Crippen molar-refractivity contribution < 1.29 is 4.42 Å². The summed E-state index contributed by atoms with van der Waals surface area (Å²) >= 11 is 0. The smallest absolute Gasteiger partial charge is 0.136 e. The van der Waals surface area contributed by atoms with E-state index in [0.717, 1.165) is 38.6 Å². The minimum atomic E-state index is 0.688. The van der Waals surface area contributed by atoms with Gasteiger partial charge in [-0.25, -0.2) is 0 Å². The van der Waals surface area contributed by atoms with Crippen LogP contribution in [0.1, 0.15) is 22.3 Å². The third-order valence-corrected chi connectivity index (χ3v) is 4.26.